The lowest BCUT2D eigenvalue weighted by atomic mass is 9.90. The molecule has 0 saturated carbocycles. The Kier molecular flexibility index (Phi) is 4.50. The summed E-state index contributed by atoms with van der Waals surface area (Å²) in [4.78, 5) is 41.6. The summed E-state index contributed by atoms with van der Waals surface area (Å²) >= 11 is 0. The second-order valence-corrected chi connectivity index (χ2v) is 8.34. The van der Waals surface area contributed by atoms with Gasteiger partial charge in [0.05, 0.1) is 0 Å². The summed E-state index contributed by atoms with van der Waals surface area (Å²) in [5.74, 6) is -0.626. The number of nitrogens with zero attached hydrogens (tertiary/aromatic N) is 2. The predicted octanol–water partition coefficient (Wildman–Crippen LogP) is 3.19. The van der Waals surface area contributed by atoms with Crippen LogP contribution in [0.1, 0.15) is 23.6 Å². The maximum absolute atomic E-state index is 13.3. The molecule has 3 aromatic carbocycles. The highest BCUT2D eigenvalue weighted by molar-refractivity contribution is 6.09. The molecule has 1 N–H and O–H groups in total. The number of nitrogens with one attached hydrogen (secondary N) is 1. The van der Waals surface area contributed by atoms with E-state index in [2.05, 4.69) is 11.4 Å². The molecule has 3 aromatic rings. The zero-order valence-electron chi connectivity index (χ0n) is 17.3. The lowest BCUT2D eigenvalue weighted by Gasteiger charge is -2.30. The average molecular weight is 413 g/mol. The van der Waals surface area contributed by atoms with Crippen molar-refractivity contribution < 1.29 is 14.4 Å². The van der Waals surface area contributed by atoms with Crippen LogP contribution in [0.3, 0.4) is 0 Å². The first-order valence-corrected chi connectivity index (χ1v) is 10.4. The number of rotatable bonds is 3. The standard InChI is InChI=1S/C25H23N3O3/c1-25(21-11-10-17-6-2-4-8-19(17)14-21)23(30)28(24(31)26-25)16-22(29)27-13-12-18-7-3-5-9-20(18)15-27/h2-11,14H,12-13,15-16H2,1H3,(H,26,31)/t25-/m1/s1. The number of carbonyl (C=O) groups is 3. The van der Waals surface area contributed by atoms with Gasteiger partial charge in [-0.05, 0) is 46.9 Å². The van der Waals surface area contributed by atoms with Crippen LogP contribution >= 0.6 is 0 Å². The highest BCUT2D eigenvalue weighted by atomic mass is 16.2. The molecular formula is C25H23N3O3. The van der Waals surface area contributed by atoms with Crippen molar-refractivity contribution in [3.8, 4) is 0 Å². The highest BCUT2D eigenvalue weighted by Crippen LogP contribution is 2.31. The number of hydrogen-bond acceptors (Lipinski definition) is 3. The minimum absolute atomic E-state index is 0.222. The van der Waals surface area contributed by atoms with Crippen molar-refractivity contribution >= 4 is 28.6 Å². The van der Waals surface area contributed by atoms with Crippen molar-refractivity contribution in [1.29, 1.82) is 0 Å². The van der Waals surface area contributed by atoms with E-state index in [4.69, 9.17) is 0 Å². The fraction of sp³-hybridized carbons (Fsp3) is 0.240. The molecule has 0 bridgehead atoms. The molecule has 6 heteroatoms. The lowest BCUT2D eigenvalue weighted by molar-refractivity contribution is -0.139. The van der Waals surface area contributed by atoms with E-state index < -0.39 is 17.5 Å². The van der Waals surface area contributed by atoms with Gasteiger partial charge in [-0.15, -0.1) is 0 Å². The smallest absolute Gasteiger partial charge is 0.325 e. The van der Waals surface area contributed by atoms with Gasteiger partial charge < -0.3 is 10.2 Å². The molecule has 2 aliphatic rings. The zero-order chi connectivity index (χ0) is 21.6. The predicted molar refractivity (Wildman–Crippen MR) is 117 cm³/mol. The molecule has 0 radical (unpaired) electrons. The maximum atomic E-state index is 13.3. The summed E-state index contributed by atoms with van der Waals surface area (Å²) in [5, 5.41) is 4.85. The minimum Gasteiger partial charge on any atom is -0.336 e. The van der Waals surface area contributed by atoms with Gasteiger partial charge in [-0.1, -0.05) is 60.7 Å². The van der Waals surface area contributed by atoms with Crippen molar-refractivity contribution in [1.82, 2.24) is 15.1 Å². The Hall–Kier alpha value is -3.67. The Bertz CT molecular complexity index is 1220. The van der Waals surface area contributed by atoms with Crippen LogP contribution in [0.25, 0.3) is 10.8 Å². The summed E-state index contributed by atoms with van der Waals surface area (Å²) in [5.41, 5.74) is 1.85. The molecule has 0 spiro atoms. The number of amides is 4. The molecule has 0 aromatic heterocycles. The number of hydrogen-bond donors (Lipinski definition) is 1. The summed E-state index contributed by atoms with van der Waals surface area (Å²) in [6.07, 6.45) is 0.775. The molecular weight excluding hydrogens is 390 g/mol. The molecule has 0 unspecified atom stereocenters. The minimum atomic E-state index is -1.20. The van der Waals surface area contributed by atoms with Crippen LogP contribution in [0.5, 0.6) is 0 Å². The number of benzene rings is 3. The summed E-state index contributed by atoms with van der Waals surface area (Å²) in [7, 11) is 0. The molecule has 1 atom stereocenters. The molecule has 5 rings (SSSR count). The summed E-state index contributed by atoms with van der Waals surface area (Å²) in [6.45, 7) is 2.52. The number of urea groups is 1. The van der Waals surface area contributed by atoms with E-state index >= 15 is 0 Å². The maximum Gasteiger partial charge on any atom is 0.325 e. The van der Waals surface area contributed by atoms with Crippen LogP contribution < -0.4 is 5.32 Å². The van der Waals surface area contributed by atoms with Gasteiger partial charge >= 0.3 is 6.03 Å². The average Bonchev–Trinajstić information content (AvgIpc) is 3.02. The first kappa shape index (κ1) is 19.3. The van der Waals surface area contributed by atoms with Gasteiger partial charge in [0, 0.05) is 13.1 Å². The number of carbonyl (C=O) groups excluding carboxylic acids is 3. The van der Waals surface area contributed by atoms with Crippen molar-refractivity contribution in [3.05, 3.63) is 83.4 Å². The normalized spacial score (nSPS) is 20.7. The molecule has 1 saturated heterocycles. The summed E-state index contributed by atoms with van der Waals surface area (Å²) in [6, 6.07) is 21.1. The van der Waals surface area contributed by atoms with Gasteiger partial charge in [0.1, 0.15) is 12.1 Å². The van der Waals surface area contributed by atoms with Crippen LogP contribution in [0, 0.1) is 0 Å². The largest absolute Gasteiger partial charge is 0.336 e. The molecule has 4 amide bonds. The van der Waals surface area contributed by atoms with Crippen molar-refractivity contribution in [2.45, 2.75) is 25.4 Å². The van der Waals surface area contributed by atoms with E-state index in [9.17, 15) is 14.4 Å². The molecule has 156 valence electrons. The first-order valence-electron chi connectivity index (χ1n) is 10.4. The van der Waals surface area contributed by atoms with Crippen molar-refractivity contribution in [2.75, 3.05) is 13.1 Å². The quantitative estimate of drug-likeness (QED) is 0.671. The Morgan fingerprint density at radius 1 is 0.968 bits per heavy atom. The molecule has 2 aliphatic heterocycles. The van der Waals surface area contributed by atoms with Crippen LogP contribution in [0.4, 0.5) is 4.79 Å². The van der Waals surface area contributed by atoms with Crippen LogP contribution in [-0.4, -0.2) is 40.7 Å². The fourth-order valence-electron chi connectivity index (χ4n) is 4.48. The zero-order valence-corrected chi connectivity index (χ0v) is 17.3. The molecule has 31 heavy (non-hydrogen) atoms. The van der Waals surface area contributed by atoms with E-state index in [1.165, 1.54) is 5.56 Å². The molecule has 6 nitrogen and oxygen atoms in total. The van der Waals surface area contributed by atoms with E-state index in [1.54, 1.807) is 11.8 Å². The third-order valence-corrected chi connectivity index (χ3v) is 6.38. The second-order valence-electron chi connectivity index (χ2n) is 8.34. The Morgan fingerprint density at radius 3 is 2.48 bits per heavy atom. The van der Waals surface area contributed by atoms with Gasteiger partial charge in [-0.3, -0.25) is 14.5 Å². The second kappa shape index (κ2) is 7.23. The monoisotopic (exact) mass is 413 g/mol. The van der Waals surface area contributed by atoms with E-state index in [0.717, 1.165) is 27.7 Å². The van der Waals surface area contributed by atoms with Crippen molar-refractivity contribution in [3.63, 3.8) is 0 Å². The van der Waals surface area contributed by atoms with Gasteiger partial charge in [0.2, 0.25) is 5.91 Å². The van der Waals surface area contributed by atoms with Crippen LogP contribution in [0.2, 0.25) is 0 Å². The third kappa shape index (κ3) is 3.24. The Balaban J connectivity index is 1.35. The van der Waals surface area contributed by atoms with Gasteiger partial charge in [0.15, 0.2) is 0 Å². The fourth-order valence-corrected chi connectivity index (χ4v) is 4.48. The van der Waals surface area contributed by atoms with Crippen LogP contribution in [-0.2, 0) is 28.1 Å². The van der Waals surface area contributed by atoms with Gasteiger partial charge in [0.25, 0.3) is 5.91 Å². The SMILES string of the molecule is C[C@]1(c2ccc3ccccc3c2)NC(=O)N(CC(=O)N2CCc3ccccc3C2)C1=O. The first-order chi connectivity index (χ1) is 15.0. The lowest BCUT2D eigenvalue weighted by Crippen LogP contribution is -2.45. The Morgan fingerprint density at radius 2 is 1.68 bits per heavy atom. The molecule has 1 fully saturated rings. The third-order valence-electron chi connectivity index (χ3n) is 6.38. The van der Waals surface area contributed by atoms with Crippen LogP contribution in [0.15, 0.2) is 66.7 Å². The number of fused-ring (bicyclic) bond motifs is 2. The van der Waals surface area contributed by atoms with E-state index in [1.807, 2.05) is 60.7 Å². The Labute approximate surface area is 180 Å². The number of imide groups is 1. The highest BCUT2D eigenvalue weighted by Gasteiger charge is 2.49. The summed E-state index contributed by atoms with van der Waals surface area (Å²) < 4.78 is 0. The topological polar surface area (TPSA) is 69.7 Å². The molecule has 0 aliphatic carbocycles. The van der Waals surface area contributed by atoms with Gasteiger partial charge in [-0.2, -0.15) is 0 Å². The molecule has 2 heterocycles. The van der Waals surface area contributed by atoms with E-state index in [0.29, 0.717) is 18.7 Å². The van der Waals surface area contributed by atoms with Crippen molar-refractivity contribution in [2.24, 2.45) is 0 Å². The van der Waals surface area contributed by atoms with E-state index in [-0.39, 0.29) is 12.5 Å². The van der Waals surface area contributed by atoms with Gasteiger partial charge in [-0.25, -0.2) is 4.79 Å².